The highest BCUT2D eigenvalue weighted by Gasteiger charge is 2.38. The average Bonchev–Trinajstić information content (AvgIpc) is 2.32. The summed E-state index contributed by atoms with van der Waals surface area (Å²) >= 11 is 0. The van der Waals surface area contributed by atoms with E-state index in [0.29, 0.717) is 0 Å². The first kappa shape index (κ1) is 17.7. The van der Waals surface area contributed by atoms with E-state index < -0.39 is 39.3 Å². The van der Waals surface area contributed by atoms with Crippen LogP contribution in [0, 0.1) is 11.8 Å². The van der Waals surface area contributed by atoms with E-state index in [1.807, 2.05) is 0 Å². The predicted octanol–water partition coefficient (Wildman–Crippen LogP) is 0.735. The number of methoxy groups -OCH3 is 1. The van der Waals surface area contributed by atoms with E-state index in [1.165, 1.54) is 7.11 Å². The summed E-state index contributed by atoms with van der Waals surface area (Å²) in [5.41, 5.74) is -0.634. The molecule has 2 atom stereocenters. The van der Waals surface area contributed by atoms with Gasteiger partial charge in [-0.3, -0.25) is 4.79 Å². The SMILES string of the molecule is COC(=O)[C@@H]1CCS(=O)(=O)C[C@H]1CNC(=O)OC(C)(C)C. The second kappa shape index (κ2) is 6.64. The number of ether oxygens (including phenoxy) is 2. The molecule has 1 aliphatic heterocycles. The number of sulfone groups is 1. The molecule has 0 radical (unpaired) electrons. The van der Waals surface area contributed by atoms with Crippen LogP contribution in [0.5, 0.6) is 0 Å². The minimum absolute atomic E-state index is 0.0320. The molecule has 1 saturated heterocycles. The zero-order valence-electron chi connectivity index (χ0n) is 12.8. The molecule has 1 amide bonds. The molecule has 1 heterocycles. The Bertz CT molecular complexity index is 493. The third-order valence-corrected chi connectivity index (χ3v) is 4.98. The monoisotopic (exact) mass is 321 g/mol. The Balaban J connectivity index is 2.66. The zero-order valence-corrected chi connectivity index (χ0v) is 13.7. The fourth-order valence-corrected chi connectivity index (χ4v) is 4.04. The van der Waals surface area contributed by atoms with Crippen LogP contribution in [0.4, 0.5) is 4.79 Å². The van der Waals surface area contributed by atoms with Gasteiger partial charge in [-0.15, -0.1) is 0 Å². The van der Waals surface area contributed by atoms with E-state index in [1.54, 1.807) is 20.8 Å². The van der Waals surface area contributed by atoms with Gasteiger partial charge < -0.3 is 14.8 Å². The van der Waals surface area contributed by atoms with E-state index in [9.17, 15) is 18.0 Å². The van der Waals surface area contributed by atoms with E-state index in [0.717, 1.165) is 0 Å². The fraction of sp³-hybridized carbons (Fsp3) is 0.846. The van der Waals surface area contributed by atoms with Crippen molar-refractivity contribution in [3.63, 3.8) is 0 Å². The van der Waals surface area contributed by atoms with Gasteiger partial charge in [0.1, 0.15) is 5.60 Å². The first-order valence-electron chi connectivity index (χ1n) is 6.79. The maximum absolute atomic E-state index is 11.7. The highest BCUT2D eigenvalue weighted by atomic mass is 32.2. The van der Waals surface area contributed by atoms with Gasteiger partial charge >= 0.3 is 12.1 Å². The molecule has 0 aliphatic carbocycles. The second-order valence-electron chi connectivity index (χ2n) is 6.18. The Morgan fingerprint density at radius 2 is 1.90 bits per heavy atom. The van der Waals surface area contributed by atoms with Crippen LogP contribution in [-0.2, 0) is 24.1 Å². The lowest BCUT2D eigenvalue weighted by atomic mass is 9.91. The summed E-state index contributed by atoms with van der Waals surface area (Å²) in [5.74, 6) is -1.63. The van der Waals surface area contributed by atoms with Crippen LogP contribution in [0.25, 0.3) is 0 Å². The summed E-state index contributed by atoms with van der Waals surface area (Å²) in [7, 11) is -1.92. The Kier molecular flexibility index (Phi) is 5.61. The van der Waals surface area contributed by atoms with Crippen molar-refractivity contribution in [1.29, 1.82) is 0 Å². The van der Waals surface area contributed by atoms with Crippen LogP contribution in [0.1, 0.15) is 27.2 Å². The molecule has 122 valence electrons. The van der Waals surface area contributed by atoms with E-state index in [2.05, 4.69) is 5.32 Å². The lowest BCUT2D eigenvalue weighted by molar-refractivity contribution is -0.147. The topological polar surface area (TPSA) is 98.8 Å². The maximum Gasteiger partial charge on any atom is 0.407 e. The summed E-state index contributed by atoms with van der Waals surface area (Å²) in [4.78, 5) is 23.3. The van der Waals surface area contributed by atoms with Gasteiger partial charge in [-0.25, -0.2) is 13.2 Å². The molecule has 1 N–H and O–H groups in total. The van der Waals surface area contributed by atoms with Gasteiger partial charge in [0.15, 0.2) is 9.84 Å². The van der Waals surface area contributed by atoms with Gasteiger partial charge in [0.2, 0.25) is 0 Å². The smallest absolute Gasteiger partial charge is 0.407 e. The minimum atomic E-state index is -3.19. The molecule has 0 aromatic heterocycles. The standard InChI is InChI=1S/C13H23NO6S/c1-13(2,3)20-12(16)14-7-9-8-21(17,18)6-5-10(9)11(15)19-4/h9-10H,5-8H2,1-4H3,(H,14,16)/t9-,10-/m1/s1. The second-order valence-corrected chi connectivity index (χ2v) is 8.40. The first-order valence-corrected chi connectivity index (χ1v) is 8.61. The molecule has 1 aliphatic rings. The number of hydrogen-bond acceptors (Lipinski definition) is 6. The molecule has 0 unspecified atom stereocenters. The van der Waals surface area contributed by atoms with Crippen molar-refractivity contribution in [2.45, 2.75) is 32.8 Å². The van der Waals surface area contributed by atoms with Gasteiger partial charge in [-0.2, -0.15) is 0 Å². The molecular formula is C13H23NO6S. The van der Waals surface area contributed by atoms with Gasteiger partial charge in [-0.05, 0) is 27.2 Å². The number of amides is 1. The van der Waals surface area contributed by atoms with Crippen LogP contribution in [0.3, 0.4) is 0 Å². The van der Waals surface area contributed by atoms with Crippen molar-refractivity contribution < 1.29 is 27.5 Å². The van der Waals surface area contributed by atoms with Gasteiger partial charge in [0.05, 0.1) is 24.5 Å². The van der Waals surface area contributed by atoms with Crippen molar-refractivity contribution >= 4 is 21.9 Å². The molecule has 0 saturated carbocycles. The molecule has 0 bridgehead atoms. The van der Waals surface area contributed by atoms with Crippen LogP contribution >= 0.6 is 0 Å². The summed E-state index contributed by atoms with van der Waals surface area (Å²) in [5, 5.41) is 2.52. The molecule has 1 rings (SSSR count). The first-order chi connectivity index (χ1) is 9.54. The lowest BCUT2D eigenvalue weighted by Gasteiger charge is -2.29. The van der Waals surface area contributed by atoms with Crippen LogP contribution in [-0.4, -0.2) is 51.2 Å². The molecule has 0 aromatic carbocycles. The number of alkyl carbamates (subject to hydrolysis) is 1. The number of carbonyl (C=O) groups is 2. The van der Waals surface area contributed by atoms with Crippen LogP contribution in [0.2, 0.25) is 0 Å². The Labute approximate surface area is 125 Å². The Morgan fingerprint density at radius 3 is 2.43 bits per heavy atom. The number of nitrogens with one attached hydrogen (secondary N) is 1. The number of rotatable bonds is 3. The highest BCUT2D eigenvalue weighted by Crippen LogP contribution is 2.26. The normalized spacial score (nSPS) is 25.0. The molecule has 7 nitrogen and oxygen atoms in total. The molecule has 0 spiro atoms. The van der Waals surface area contributed by atoms with Gasteiger partial charge in [-0.1, -0.05) is 0 Å². The minimum Gasteiger partial charge on any atom is -0.469 e. The Hall–Kier alpha value is -1.31. The Morgan fingerprint density at radius 1 is 1.29 bits per heavy atom. The highest BCUT2D eigenvalue weighted by molar-refractivity contribution is 7.91. The van der Waals surface area contributed by atoms with Crippen molar-refractivity contribution in [3.05, 3.63) is 0 Å². The zero-order chi connectivity index (χ0) is 16.3. The molecule has 1 fully saturated rings. The fourth-order valence-electron chi connectivity index (χ4n) is 2.26. The number of esters is 1. The third kappa shape index (κ3) is 5.91. The predicted molar refractivity (Wildman–Crippen MR) is 76.5 cm³/mol. The van der Waals surface area contributed by atoms with Gasteiger partial charge in [0.25, 0.3) is 0 Å². The van der Waals surface area contributed by atoms with Crippen molar-refractivity contribution in [2.24, 2.45) is 11.8 Å². The largest absolute Gasteiger partial charge is 0.469 e. The van der Waals surface area contributed by atoms with Crippen molar-refractivity contribution in [3.8, 4) is 0 Å². The third-order valence-electron chi connectivity index (χ3n) is 3.19. The number of hydrogen-bond donors (Lipinski definition) is 1. The van der Waals surface area contributed by atoms with Crippen molar-refractivity contribution in [1.82, 2.24) is 5.32 Å². The van der Waals surface area contributed by atoms with E-state index in [-0.39, 0.29) is 24.5 Å². The summed E-state index contributed by atoms with van der Waals surface area (Å²) in [6.07, 6.45) is -0.413. The lowest BCUT2D eigenvalue weighted by Crippen LogP contribution is -2.44. The summed E-state index contributed by atoms with van der Waals surface area (Å²) in [6.45, 7) is 5.26. The van der Waals surface area contributed by atoms with E-state index in [4.69, 9.17) is 9.47 Å². The van der Waals surface area contributed by atoms with Gasteiger partial charge in [0, 0.05) is 12.5 Å². The van der Waals surface area contributed by atoms with Crippen LogP contribution in [0.15, 0.2) is 0 Å². The summed E-state index contributed by atoms with van der Waals surface area (Å²) in [6, 6.07) is 0. The maximum atomic E-state index is 11.7. The number of carbonyl (C=O) groups excluding carboxylic acids is 2. The molecule has 8 heteroatoms. The molecule has 0 aromatic rings. The molecule has 21 heavy (non-hydrogen) atoms. The average molecular weight is 321 g/mol. The molecular weight excluding hydrogens is 298 g/mol. The van der Waals surface area contributed by atoms with Crippen molar-refractivity contribution in [2.75, 3.05) is 25.2 Å². The van der Waals surface area contributed by atoms with Crippen LogP contribution < -0.4 is 5.32 Å². The quantitative estimate of drug-likeness (QED) is 0.770. The summed E-state index contributed by atoms with van der Waals surface area (Å²) < 4.78 is 33.2. The van der Waals surface area contributed by atoms with E-state index >= 15 is 0 Å².